The fourth-order valence-electron chi connectivity index (χ4n) is 2.68. The lowest BCUT2D eigenvalue weighted by Crippen LogP contribution is -2.48. The van der Waals surface area contributed by atoms with E-state index < -0.39 is 0 Å². The minimum absolute atomic E-state index is 0.0718. The highest BCUT2D eigenvalue weighted by Crippen LogP contribution is 2.26. The van der Waals surface area contributed by atoms with E-state index in [2.05, 4.69) is 29.5 Å². The van der Waals surface area contributed by atoms with Gasteiger partial charge in [0.15, 0.2) is 0 Å². The third-order valence-electron chi connectivity index (χ3n) is 4.41. The number of likely N-dealkylation sites (N-methyl/N-ethyl adjacent to an activating group) is 1. The van der Waals surface area contributed by atoms with Gasteiger partial charge in [-0.25, -0.2) is 4.79 Å². The Hall–Kier alpha value is -0.810. The molecule has 2 rings (SSSR count). The van der Waals surface area contributed by atoms with Crippen LogP contribution in [0.2, 0.25) is 0 Å². The second kappa shape index (κ2) is 6.57. The summed E-state index contributed by atoms with van der Waals surface area (Å²) >= 11 is 0. The third-order valence-corrected chi connectivity index (χ3v) is 4.41. The van der Waals surface area contributed by atoms with Gasteiger partial charge >= 0.3 is 6.03 Å². The molecule has 19 heavy (non-hydrogen) atoms. The molecule has 2 fully saturated rings. The molecule has 0 aliphatic heterocycles. The molecule has 2 aliphatic rings. The molecule has 3 N–H and O–H groups in total. The first-order chi connectivity index (χ1) is 9.06. The maximum absolute atomic E-state index is 11.8. The van der Waals surface area contributed by atoms with Crippen LogP contribution in [0, 0.1) is 0 Å². The number of urea groups is 1. The highest BCUT2D eigenvalue weighted by molar-refractivity contribution is 5.74. The van der Waals surface area contributed by atoms with Crippen molar-refractivity contribution >= 4 is 6.03 Å². The molecule has 0 heterocycles. The summed E-state index contributed by atoms with van der Waals surface area (Å²) in [7, 11) is 2.13. The summed E-state index contributed by atoms with van der Waals surface area (Å²) in [4.78, 5) is 14.1. The van der Waals surface area contributed by atoms with E-state index in [0.717, 1.165) is 31.7 Å². The van der Waals surface area contributed by atoms with Crippen LogP contribution in [0.4, 0.5) is 4.79 Å². The number of carbonyl (C=O) groups excluding carboxylic acids is 1. The molecule has 0 aromatic carbocycles. The monoisotopic (exact) mass is 269 g/mol. The van der Waals surface area contributed by atoms with Crippen LogP contribution in [0.25, 0.3) is 0 Å². The van der Waals surface area contributed by atoms with Gasteiger partial charge in [-0.3, -0.25) is 4.90 Å². The van der Waals surface area contributed by atoms with Crippen LogP contribution < -0.4 is 10.6 Å². The highest BCUT2D eigenvalue weighted by Gasteiger charge is 2.29. The molecule has 0 saturated heterocycles. The molecule has 2 aliphatic carbocycles. The van der Waals surface area contributed by atoms with Crippen molar-refractivity contribution in [2.24, 2.45) is 0 Å². The minimum Gasteiger partial charge on any atom is -0.393 e. The number of aliphatic hydroxyl groups is 1. The van der Waals surface area contributed by atoms with Gasteiger partial charge in [0, 0.05) is 24.7 Å². The predicted octanol–water partition coefficient (Wildman–Crippen LogP) is 1.07. The zero-order valence-corrected chi connectivity index (χ0v) is 12.1. The number of aliphatic hydroxyl groups excluding tert-OH is 1. The zero-order chi connectivity index (χ0) is 13.8. The molecule has 5 heteroatoms. The highest BCUT2D eigenvalue weighted by atomic mass is 16.3. The van der Waals surface area contributed by atoms with E-state index in [4.69, 9.17) is 0 Å². The molecule has 0 aromatic heterocycles. The van der Waals surface area contributed by atoms with Gasteiger partial charge in [0.25, 0.3) is 0 Å². The lowest BCUT2D eigenvalue weighted by atomic mass is 9.93. The molecule has 2 saturated carbocycles. The molecule has 1 unspecified atom stereocenters. The topological polar surface area (TPSA) is 64.6 Å². The van der Waals surface area contributed by atoms with Crippen LogP contribution in [-0.2, 0) is 0 Å². The summed E-state index contributed by atoms with van der Waals surface area (Å²) in [6, 6.07) is 1.25. The molecule has 0 bridgehead atoms. The first-order valence-electron chi connectivity index (χ1n) is 7.50. The molecule has 0 radical (unpaired) electrons. The maximum Gasteiger partial charge on any atom is 0.315 e. The average Bonchev–Trinajstić information content (AvgIpc) is 3.22. The van der Waals surface area contributed by atoms with Gasteiger partial charge in [-0.05, 0) is 52.5 Å². The molecule has 0 spiro atoms. The van der Waals surface area contributed by atoms with E-state index in [-0.39, 0.29) is 18.2 Å². The number of nitrogens with one attached hydrogen (secondary N) is 2. The van der Waals surface area contributed by atoms with Crippen LogP contribution >= 0.6 is 0 Å². The average molecular weight is 269 g/mol. The van der Waals surface area contributed by atoms with Crippen LogP contribution in [0.3, 0.4) is 0 Å². The van der Waals surface area contributed by atoms with Crippen molar-refractivity contribution in [3.05, 3.63) is 0 Å². The summed E-state index contributed by atoms with van der Waals surface area (Å²) in [5, 5.41) is 15.4. The summed E-state index contributed by atoms with van der Waals surface area (Å²) < 4.78 is 0. The lowest BCUT2D eigenvalue weighted by molar-refractivity contribution is 0.117. The van der Waals surface area contributed by atoms with E-state index in [9.17, 15) is 9.90 Å². The summed E-state index contributed by atoms with van der Waals surface area (Å²) in [5.74, 6) is 0. The smallest absolute Gasteiger partial charge is 0.315 e. The van der Waals surface area contributed by atoms with Crippen LogP contribution in [0.1, 0.15) is 45.4 Å². The van der Waals surface area contributed by atoms with Crippen molar-refractivity contribution in [1.29, 1.82) is 0 Å². The Labute approximate surface area is 115 Å². The van der Waals surface area contributed by atoms with Crippen molar-refractivity contribution in [3.8, 4) is 0 Å². The van der Waals surface area contributed by atoms with Crippen LogP contribution in [0.5, 0.6) is 0 Å². The van der Waals surface area contributed by atoms with Crippen molar-refractivity contribution < 1.29 is 9.90 Å². The molecular formula is C14H27N3O2. The summed E-state index contributed by atoms with van der Waals surface area (Å²) in [5.41, 5.74) is 0. The third kappa shape index (κ3) is 4.66. The normalized spacial score (nSPS) is 29.1. The van der Waals surface area contributed by atoms with Gasteiger partial charge in [-0.15, -0.1) is 0 Å². The lowest BCUT2D eigenvalue weighted by Gasteiger charge is -2.28. The van der Waals surface area contributed by atoms with E-state index in [1.165, 1.54) is 12.8 Å². The first-order valence-corrected chi connectivity index (χ1v) is 7.50. The summed E-state index contributed by atoms with van der Waals surface area (Å²) in [6.45, 7) is 2.84. The fraction of sp³-hybridized carbons (Fsp3) is 0.929. The number of hydrogen-bond donors (Lipinski definition) is 3. The van der Waals surface area contributed by atoms with Gasteiger partial charge in [0.1, 0.15) is 0 Å². The predicted molar refractivity (Wildman–Crippen MR) is 75.0 cm³/mol. The van der Waals surface area contributed by atoms with Gasteiger partial charge in [0.05, 0.1) is 6.10 Å². The standard InChI is InChI=1S/C14H27N3O2/c1-10(17(2)12-5-6-12)9-15-14(19)16-11-3-7-13(18)8-4-11/h10-13,18H,3-9H2,1-2H3,(H2,15,16,19). The van der Waals surface area contributed by atoms with Crippen molar-refractivity contribution in [3.63, 3.8) is 0 Å². The quantitative estimate of drug-likeness (QED) is 0.699. The molecule has 5 nitrogen and oxygen atoms in total. The Morgan fingerprint density at radius 2 is 1.89 bits per heavy atom. The molecule has 2 amide bonds. The zero-order valence-electron chi connectivity index (χ0n) is 12.1. The number of hydrogen-bond acceptors (Lipinski definition) is 3. The minimum atomic E-state index is -0.173. The Morgan fingerprint density at radius 1 is 1.26 bits per heavy atom. The largest absolute Gasteiger partial charge is 0.393 e. The summed E-state index contributed by atoms with van der Waals surface area (Å²) in [6.07, 6.45) is 5.76. The Bertz CT molecular complexity index is 299. The molecular weight excluding hydrogens is 242 g/mol. The second-order valence-electron chi connectivity index (χ2n) is 6.11. The Balaban J connectivity index is 1.61. The second-order valence-corrected chi connectivity index (χ2v) is 6.11. The van der Waals surface area contributed by atoms with E-state index in [0.29, 0.717) is 12.6 Å². The van der Waals surface area contributed by atoms with Gasteiger partial charge in [-0.1, -0.05) is 0 Å². The Morgan fingerprint density at radius 3 is 2.47 bits per heavy atom. The SMILES string of the molecule is CC(CNC(=O)NC1CCC(O)CC1)N(C)C1CC1. The van der Waals surface area contributed by atoms with Gasteiger partial charge < -0.3 is 15.7 Å². The van der Waals surface area contributed by atoms with E-state index in [1.54, 1.807) is 0 Å². The first kappa shape index (κ1) is 14.6. The van der Waals surface area contributed by atoms with Crippen molar-refractivity contribution in [2.75, 3.05) is 13.6 Å². The Kier molecular flexibility index (Phi) is 5.05. The number of carbonyl (C=O) groups is 1. The molecule has 1 atom stereocenters. The molecule has 110 valence electrons. The van der Waals surface area contributed by atoms with E-state index >= 15 is 0 Å². The number of amides is 2. The number of nitrogens with zero attached hydrogens (tertiary/aromatic N) is 1. The van der Waals surface area contributed by atoms with Crippen LogP contribution in [-0.4, -0.2) is 53.9 Å². The molecule has 0 aromatic rings. The van der Waals surface area contributed by atoms with E-state index in [1.807, 2.05) is 0 Å². The van der Waals surface area contributed by atoms with Gasteiger partial charge in [0.2, 0.25) is 0 Å². The van der Waals surface area contributed by atoms with Crippen molar-refractivity contribution in [1.82, 2.24) is 15.5 Å². The number of rotatable bonds is 5. The van der Waals surface area contributed by atoms with Gasteiger partial charge in [-0.2, -0.15) is 0 Å². The van der Waals surface area contributed by atoms with Crippen molar-refractivity contribution in [2.45, 2.75) is 69.7 Å². The van der Waals surface area contributed by atoms with Crippen LogP contribution in [0.15, 0.2) is 0 Å². The maximum atomic E-state index is 11.8. The fourth-order valence-corrected chi connectivity index (χ4v) is 2.68.